The summed E-state index contributed by atoms with van der Waals surface area (Å²) in [7, 11) is 3.88. The quantitative estimate of drug-likeness (QED) is 0.581. The molecule has 58 valence electrons. The Morgan fingerprint density at radius 3 is 2.00 bits per heavy atom. The molecule has 0 saturated heterocycles. The van der Waals surface area contributed by atoms with Gasteiger partial charge in [-0.15, -0.1) is 0 Å². The number of benzene rings is 1. The molecule has 0 spiro atoms. The molecule has 0 fully saturated rings. The highest BCUT2D eigenvalue weighted by Gasteiger charge is 2.10. The van der Waals surface area contributed by atoms with Gasteiger partial charge in [-0.3, -0.25) is 0 Å². The van der Waals surface area contributed by atoms with E-state index in [9.17, 15) is 0 Å². The van der Waals surface area contributed by atoms with Gasteiger partial charge < -0.3 is 10.5 Å². The molecular formula is C8H13BN2. The van der Waals surface area contributed by atoms with Crippen molar-refractivity contribution >= 4 is 12.4 Å². The second kappa shape index (κ2) is 4.16. The zero-order valence-electron chi connectivity index (χ0n) is 6.96. The van der Waals surface area contributed by atoms with E-state index in [0.29, 0.717) is 0 Å². The Kier molecular flexibility index (Phi) is 3.14. The molecule has 0 heterocycles. The molecule has 0 bridgehead atoms. The van der Waals surface area contributed by atoms with Crippen molar-refractivity contribution in [2.75, 3.05) is 14.1 Å². The van der Waals surface area contributed by atoms with Crippen molar-refractivity contribution in [3.8, 4) is 0 Å². The molecule has 0 amide bonds. The average molecular weight is 148 g/mol. The van der Waals surface area contributed by atoms with Gasteiger partial charge in [-0.25, -0.2) is 0 Å². The van der Waals surface area contributed by atoms with E-state index < -0.39 is 0 Å². The lowest BCUT2D eigenvalue weighted by molar-refractivity contribution is 1.10. The van der Waals surface area contributed by atoms with Gasteiger partial charge in [0.15, 0.2) is 0 Å². The second-order valence-electron chi connectivity index (χ2n) is 2.42. The summed E-state index contributed by atoms with van der Waals surface area (Å²) in [5.41, 5.74) is 1.26. The van der Waals surface area contributed by atoms with Crippen LogP contribution in [-0.4, -0.2) is 21.1 Å². The summed E-state index contributed by atoms with van der Waals surface area (Å²) in [5.74, 6) is 0. The molecule has 0 aliphatic carbocycles. The van der Waals surface area contributed by atoms with Crippen LogP contribution in [0.2, 0.25) is 0 Å². The first-order valence-corrected chi connectivity index (χ1v) is 3.78. The summed E-state index contributed by atoms with van der Waals surface area (Å²) in [4.78, 5) is 0. The van der Waals surface area contributed by atoms with Gasteiger partial charge in [-0.05, 0) is 19.6 Å². The van der Waals surface area contributed by atoms with Crippen molar-refractivity contribution in [2.45, 2.75) is 0 Å². The van der Waals surface area contributed by atoms with E-state index in [-0.39, 0.29) is 6.98 Å². The minimum absolute atomic E-state index is 0.260. The van der Waals surface area contributed by atoms with Crippen LogP contribution in [0.5, 0.6) is 0 Å². The van der Waals surface area contributed by atoms with E-state index in [0.717, 1.165) is 0 Å². The molecule has 0 saturated carbocycles. The summed E-state index contributed by atoms with van der Waals surface area (Å²) in [6.45, 7) is 0.260. The fourth-order valence-electron chi connectivity index (χ4n) is 1.12. The average Bonchev–Trinajstić information content (AvgIpc) is 2.09. The van der Waals surface area contributed by atoms with Crippen LogP contribution in [0.15, 0.2) is 30.3 Å². The minimum atomic E-state index is 0.260. The third-order valence-corrected chi connectivity index (χ3v) is 1.71. The first kappa shape index (κ1) is 8.30. The molecule has 1 aromatic rings. The Hall–Kier alpha value is -0.795. The van der Waals surface area contributed by atoms with Crippen LogP contribution < -0.4 is 15.9 Å². The highest BCUT2D eigenvalue weighted by molar-refractivity contribution is 6.68. The van der Waals surface area contributed by atoms with Gasteiger partial charge in [-0.2, -0.15) is 0 Å². The maximum Gasteiger partial charge on any atom is 0.340 e. The second-order valence-corrected chi connectivity index (χ2v) is 2.42. The number of hydrogen-bond acceptors (Lipinski definition) is 2. The van der Waals surface area contributed by atoms with E-state index in [1.807, 2.05) is 32.3 Å². The summed E-state index contributed by atoms with van der Waals surface area (Å²) in [5, 5.41) is 6.31. The van der Waals surface area contributed by atoms with E-state index in [1.54, 1.807) is 0 Å². The SMILES string of the molecule is CNB(NC)c1ccccc1. The fourth-order valence-corrected chi connectivity index (χ4v) is 1.12. The van der Waals surface area contributed by atoms with Gasteiger partial charge in [0.05, 0.1) is 0 Å². The summed E-state index contributed by atoms with van der Waals surface area (Å²) in [6.07, 6.45) is 0. The molecule has 0 atom stereocenters. The molecule has 1 aromatic carbocycles. The predicted molar refractivity (Wildman–Crippen MR) is 49.9 cm³/mol. The molecule has 0 radical (unpaired) electrons. The lowest BCUT2D eigenvalue weighted by Gasteiger charge is -2.09. The summed E-state index contributed by atoms with van der Waals surface area (Å²) >= 11 is 0. The van der Waals surface area contributed by atoms with E-state index in [4.69, 9.17) is 0 Å². The Morgan fingerprint density at radius 2 is 1.55 bits per heavy atom. The molecule has 2 nitrogen and oxygen atoms in total. The molecular weight excluding hydrogens is 135 g/mol. The van der Waals surface area contributed by atoms with Gasteiger partial charge in [0.2, 0.25) is 0 Å². The first-order chi connectivity index (χ1) is 5.38. The van der Waals surface area contributed by atoms with Crippen molar-refractivity contribution in [1.82, 2.24) is 10.5 Å². The third kappa shape index (κ3) is 2.07. The van der Waals surface area contributed by atoms with Gasteiger partial charge in [0, 0.05) is 0 Å². The van der Waals surface area contributed by atoms with E-state index >= 15 is 0 Å². The van der Waals surface area contributed by atoms with Gasteiger partial charge >= 0.3 is 6.98 Å². The van der Waals surface area contributed by atoms with E-state index in [1.165, 1.54) is 5.46 Å². The molecule has 1 rings (SSSR count). The molecule has 0 aromatic heterocycles. The number of nitrogens with one attached hydrogen (secondary N) is 2. The van der Waals surface area contributed by atoms with E-state index in [2.05, 4.69) is 22.6 Å². The van der Waals surface area contributed by atoms with Crippen LogP contribution in [0.4, 0.5) is 0 Å². The van der Waals surface area contributed by atoms with Crippen LogP contribution in [0, 0.1) is 0 Å². The van der Waals surface area contributed by atoms with Crippen molar-refractivity contribution < 1.29 is 0 Å². The normalized spacial score (nSPS) is 9.64. The van der Waals surface area contributed by atoms with Crippen LogP contribution >= 0.6 is 0 Å². The highest BCUT2D eigenvalue weighted by atomic mass is 14.9. The lowest BCUT2D eigenvalue weighted by Crippen LogP contribution is -2.53. The summed E-state index contributed by atoms with van der Waals surface area (Å²) < 4.78 is 0. The lowest BCUT2D eigenvalue weighted by atomic mass is 9.69. The molecule has 0 unspecified atom stereocenters. The minimum Gasteiger partial charge on any atom is -0.341 e. The molecule has 0 aliphatic heterocycles. The predicted octanol–water partition coefficient (Wildman–Crippen LogP) is -0.179. The topological polar surface area (TPSA) is 24.1 Å². The molecule has 11 heavy (non-hydrogen) atoms. The van der Waals surface area contributed by atoms with Crippen LogP contribution in [-0.2, 0) is 0 Å². The zero-order valence-corrected chi connectivity index (χ0v) is 6.96. The zero-order chi connectivity index (χ0) is 8.10. The smallest absolute Gasteiger partial charge is 0.340 e. The first-order valence-electron chi connectivity index (χ1n) is 3.78. The van der Waals surface area contributed by atoms with Gasteiger partial charge in [0.1, 0.15) is 0 Å². The Morgan fingerprint density at radius 1 is 1.00 bits per heavy atom. The number of rotatable bonds is 3. The largest absolute Gasteiger partial charge is 0.341 e. The van der Waals surface area contributed by atoms with Crippen molar-refractivity contribution in [2.24, 2.45) is 0 Å². The van der Waals surface area contributed by atoms with Crippen LogP contribution in [0.25, 0.3) is 0 Å². The highest BCUT2D eigenvalue weighted by Crippen LogP contribution is 1.82. The van der Waals surface area contributed by atoms with Gasteiger partial charge in [-0.1, -0.05) is 30.3 Å². The monoisotopic (exact) mass is 148 g/mol. The number of hydrogen-bond donors (Lipinski definition) is 2. The molecule has 3 heteroatoms. The van der Waals surface area contributed by atoms with Crippen molar-refractivity contribution in [1.29, 1.82) is 0 Å². The maximum atomic E-state index is 3.16. The van der Waals surface area contributed by atoms with Crippen molar-refractivity contribution in [3.63, 3.8) is 0 Å². The fraction of sp³-hybridized carbons (Fsp3) is 0.250. The third-order valence-electron chi connectivity index (χ3n) is 1.71. The van der Waals surface area contributed by atoms with Crippen LogP contribution in [0.1, 0.15) is 0 Å². The van der Waals surface area contributed by atoms with Crippen molar-refractivity contribution in [3.05, 3.63) is 30.3 Å². The standard InChI is InChI=1S/C8H13BN2/c1-10-9(11-2)8-6-4-3-5-7-8/h3-7,10-11H,1-2H3. The van der Waals surface area contributed by atoms with Gasteiger partial charge in [0.25, 0.3) is 0 Å². The maximum absolute atomic E-state index is 3.16. The molecule has 0 aliphatic rings. The van der Waals surface area contributed by atoms with Crippen LogP contribution in [0.3, 0.4) is 0 Å². The molecule has 2 N–H and O–H groups in total. The summed E-state index contributed by atoms with van der Waals surface area (Å²) in [6, 6.07) is 10.3. The Labute approximate surface area is 68.1 Å². The Bertz CT molecular complexity index is 197. The Balaban J connectivity index is 2.74.